The van der Waals surface area contributed by atoms with Gasteiger partial charge in [-0.1, -0.05) is 11.6 Å². The van der Waals surface area contributed by atoms with Gasteiger partial charge in [0.15, 0.2) is 11.9 Å². The van der Waals surface area contributed by atoms with E-state index in [1.54, 1.807) is 6.20 Å². The van der Waals surface area contributed by atoms with Crippen LogP contribution in [0.1, 0.15) is 33.5 Å². The lowest BCUT2D eigenvalue weighted by Gasteiger charge is -2.23. The first-order chi connectivity index (χ1) is 8.24. The van der Waals surface area contributed by atoms with Crippen LogP contribution in [0.3, 0.4) is 0 Å². The monoisotopic (exact) mass is 245 g/mol. The molecular formula is C13H11NO2S. The number of carbonyl (C=O) groups excluding carboxylic acids is 1. The molecule has 1 aromatic heterocycles. The largest absolute Gasteiger partial charge is 0.482 e. The molecule has 2 heterocycles. The van der Waals surface area contributed by atoms with Crippen LogP contribution in [0.5, 0.6) is 5.75 Å². The normalized spacial score (nSPS) is 18.6. The molecular weight excluding hydrogens is 234 g/mol. The summed E-state index contributed by atoms with van der Waals surface area (Å²) >= 11 is 1.52. The van der Waals surface area contributed by atoms with E-state index in [0.717, 1.165) is 10.6 Å². The number of Topliss-reactive ketones (excluding diaryl/α,β-unsaturated/α-hetero) is 1. The van der Waals surface area contributed by atoms with Crippen LogP contribution < -0.4 is 4.74 Å². The summed E-state index contributed by atoms with van der Waals surface area (Å²) < 4.78 is 5.83. The molecule has 0 amide bonds. The molecule has 0 saturated carbocycles. The molecule has 0 N–H and O–H groups in total. The minimum Gasteiger partial charge on any atom is -0.482 e. The Morgan fingerprint density at radius 3 is 3.12 bits per heavy atom. The molecule has 17 heavy (non-hydrogen) atoms. The van der Waals surface area contributed by atoms with E-state index < -0.39 is 0 Å². The van der Waals surface area contributed by atoms with Crippen LogP contribution in [-0.2, 0) is 0 Å². The fourth-order valence-corrected chi connectivity index (χ4v) is 2.64. The van der Waals surface area contributed by atoms with E-state index in [1.807, 2.05) is 30.5 Å². The van der Waals surface area contributed by atoms with Gasteiger partial charge in [-0.2, -0.15) is 0 Å². The Labute approximate surface area is 103 Å². The zero-order valence-corrected chi connectivity index (χ0v) is 10.2. The molecule has 86 valence electrons. The number of carbonyl (C=O) groups is 1. The minimum atomic E-state index is -0.224. The van der Waals surface area contributed by atoms with Gasteiger partial charge in [-0.25, -0.2) is 4.98 Å². The maximum Gasteiger partial charge on any atom is 0.170 e. The number of thiazole rings is 1. The second kappa shape index (κ2) is 3.96. The fraction of sp³-hybridized carbons (Fsp3) is 0.231. The number of ketones is 1. The maximum absolute atomic E-state index is 12.0. The van der Waals surface area contributed by atoms with Crippen molar-refractivity contribution in [1.29, 1.82) is 0 Å². The molecule has 1 aliphatic heterocycles. The molecule has 1 atom stereocenters. The van der Waals surface area contributed by atoms with Gasteiger partial charge in [-0.15, -0.1) is 11.3 Å². The molecule has 2 aromatic rings. The summed E-state index contributed by atoms with van der Waals surface area (Å²) in [5.74, 6) is 0.808. The Morgan fingerprint density at radius 2 is 2.35 bits per heavy atom. The molecule has 0 fully saturated rings. The lowest BCUT2D eigenvalue weighted by Crippen LogP contribution is -2.20. The Bertz CT molecular complexity index is 563. The Hall–Kier alpha value is -1.68. The minimum absolute atomic E-state index is 0.134. The van der Waals surface area contributed by atoms with Crippen molar-refractivity contribution in [2.75, 3.05) is 0 Å². The summed E-state index contributed by atoms with van der Waals surface area (Å²) in [5, 5.41) is 2.76. The SMILES string of the molecule is Cc1ccc2c(c1)C(=O)CC(c1nccs1)O2. The number of nitrogens with zero attached hydrogens (tertiary/aromatic N) is 1. The molecule has 0 saturated heterocycles. The number of ether oxygens (including phenoxy) is 1. The highest BCUT2D eigenvalue weighted by molar-refractivity contribution is 7.09. The first kappa shape index (κ1) is 10.5. The highest BCUT2D eigenvalue weighted by atomic mass is 32.1. The van der Waals surface area contributed by atoms with E-state index in [0.29, 0.717) is 17.7 Å². The molecule has 0 aliphatic carbocycles. The molecule has 3 nitrogen and oxygen atoms in total. The fourth-order valence-electron chi connectivity index (χ4n) is 1.97. The predicted octanol–water partition coefficient (Wildman–Crippen LogP) is 3.16. The summed E-state index contributed by atoms with van der Waals surface area (Å²) in [6, 6.07) is 5.70. The van der Waals surface area contributed by atoms with Crippen molar-refractivity contribution in [3.8, 4) is 5.75 Å². The lowest BCUT2D eigenvalue weighted by atomic mass is 9.99. The standard InChI is InChI=1S/C13H11NO2S/c1-8-2-3-11-9(6-8)10(15)7-12(16-11)13-14-4-5-17-13/h2-6,12H,7H2,1H3. The third-order valence-electron chi connectivity index (χ3n) is 2.80. The van der Waals surface area contributed by atoms with Crippen LogP contribution in [0.15, 0.2) is 29.8 Å². The zero-order chi connectivity index (χ0) is 11.8. The van der Waals surface area contributed by atoms with Crippen molar-refractivity contribution in [2.45, 2.75) is 19.4 Å². The van der Waals surface area contributed by atoms with Gasteiger partial charge in [-0.05, 0) is 19.1 Å². The first-order valence-electron chi connectivity index (χ1n) is 5.44. The average molecular weight is 245 g/mol. The van der Waals surface area contributed by atoms with Crippen LogP contribution in [-0.4, -0.2) is 10.8 Å². The van der Waals surface area contributed by atoms with Crippen molar-refractivity contribution in [1.82, 2.24) is 4.98 Å². The molecule has 1 unspecified atom stereocenters. The molecule has 0 spiro atoms. The molecule has 0 bridgehead atoms. The molecule has 4 heteroatoms. The molecule has 1 aliphatic rings. The smallest absolute Gasteiger partial charge is 0.170 e. The first-order valence-corrected chi connectivity index (χ1v) is 6.32. The van der Waals surface area contributed by atoms with Crippen molar-refractivity contribution in [3.05, 3.63) is 45.9 Å². The quantitative estimate of drug-likeness (QED) is 0.774. The van der Waals surface area contributed by atoms with Crippen molar-refractivity contribution < 1.29 is 9.53 Å². The van der Waals surface area contributed by atoms with Crippen LogP contribution in [0.2, 0.25) is 0 Å². The van der Waals surface area contributed by atoms with E-state index >= 15 is 0 Å². The summed E-state index contributed by atoms with van der Waals surface area (Å²) in [6.07, 6.45) is 1.89. The van der Waals surface area contributed by atoms with Gasteiger partial charge in [0.05, 0.1) is 12.0 Å². The number of aromatic nitrogens is 1. The van der Waals surface area contributed by atoms with Gasteiger partial charge in [0.25, 0.3) is 0 Å². The van der Waals surface area contributed by atoms with E-state index in [4.69, 9.17) is 4.74 Å². The van der Waals surface area contributed by atoms with Crippen LogP contribution in [0.4, 0.5) is 0 Å². The third-order valence-corrected chi connectivity index (χ3v) is 3.67. The van der Waals surface area contributed by atoms with Gasteiger partial charge in [-0.3, -0.25) is 4.79 Å². The Kier molecular flexibility index (Phi) is 2.44. The summed E-state index contributed by atoms with van der Waals surface area (Å²) in [6.45, 7) is 1.97. The number of rotatable bonds is 1. The second-order valence-corrected chi connectivity index (χ2v) is 5.03. The number of aryl methyl sites for hydroxylation is 1. The average Bonchev–Trinajstić information content (AvgIpc) is 2.83. The van der Waals surface area contributed by atoms with Gasteiger partial charge >= 0.3 is 0 Å². The molecule has 0 radical (unpaired) electrons. The van der Waals surface area contributed by atoms with Gasteiger partial charge in [0.1, 0.15) is 10.8 Å². The van der Waals surface area contributed by atoms with Crippen molar-refractivity contribution in [2.24, 2.45) is 0 Å². The topological polar surface area (TPSA) is 39.2 Å². The van der Waals surface area contributed by atoms with Crippen molar-refractivity contribution >= 4 is 17.1 Å². The van der Waals surface area contributed by atoms with E-state index in [1.165, 1.54) is 11.3 Å². The van der Waals surface area contributed by atoms with E-state index in [2.05, 4.69) is 4.98 Å². The highest BCUT2D eigenvalue weighted by Crippen LogP contribution is 2.35. The Balaban J connectivity index is 1.99. The summed E-state index contributed by atoms with van der Waals surface area (Å²) in [7, 11) is 0. The van der Waals surface area contributed by atoms with Crippen molar-refractivity contribution in [3.63, 3.8) is 0 Å². The highest BCUT2D eigenvalue weighted by Gasteiger charge is 2.28. The third kappa shape index (κ3) is 1.85. The number of benzene rings is 1. The number of fused-ring (bicyclic) bond motifs is 1. The maximum atomic E-state index is 12.0. The van der Waals surface area contributed by atoms with E-state index in [-0.39, 0.29) is 11.9 Å². The van der Waals surface area contributed by atoms with Gasteiger partial charge in [0, 0.05) is 11.6 Å². The second-order valence-electron chi connectivity index (χ2n) is 4.10. The van der Waals surface area contributed by atoms with Crippen LogP contribution in [0.25, 0.3) is 0 Å². The number of hydrogen-bond acceptors (Lipinski definition) is 4. The van der Waals surface area contributed by atoms with E-state index in [9.17, 15) is 4.79 Å². The Morgan fingerprint density at radius 1 is 1.47 bits per heavy atom. The van der Waals surface area contributed by atoms with Crippen LogP contribution >= 0.6 is 11.3 Å². The molecule has 3 rings (SSSR count). The predicted molar refractivity (Wildman–Crippen MR) is 65.6 cm³/mol. The zero-order valence-electron chi connectivity index (χ0n) is 9.34. The molecule has 1 aromatic carbocycles. The summed E-state index contributed by atoms with van der Waals surface area (Å²) in [4.78, 5) is 16.2. The number of hydrogen-bond donors (Lipinski definition) is 0. The summed E-state index contributed by atoms with van der Waals surface area (Å²) in [5.41, 5.74) is 1.77. The van der Waals surface area contributed by atoms with Gasteiger partial charge < -0.3 is 4.74 Å². The van der Waals surface area contributed by atoms with Crippen LogP contribution in [0, 0.1) is 6.92 Å². The van der Waals surface area contributed by atoms with Gasteiger partial charge in [0.2, 0.25) is 0 Å². The lowest BCUT2D eigenvalue weighted by molar-refractivity contribution is 0.0849.